The van der Waals surface area contributed by atoms with Gasteiger partial charge in [-0.15, -0.1) is 0 Å². The number of pyridine rings is 1. The molecule has 1 N–H and O–H groups in total. The fourth-order valence-corrected chi connectivity index (χ4v) is 4.36. The van der Waals surface area contributed by atoms with Crippen molar-refractivity contribution in [2.24, 2.45) is 7.05 Å². The zero-order valence-electron chi connectivity index (χ0n) is 19.4. The zero-order chi connectivity index (χ0) is 26.5. The van der Waals surface area contributed by atoms with Crippen molar-refractivity contribution in [3.8, 4) is 0 Å². The molecule has 1 fully saturated rings. The molecule has 2 aromatic heterocycles. The zero-order valence-corrected chi connectivity index (χ0v) is 19.4. The first-order valence-corrected chi connectivity index (χ1v) is 10.9. The summed E-state index contributed by atoms with van der Waals surface area (Å²) in [7, 11) is 1.30. The van der Waals surface area contributed by atoms with E-state index in [1.54, 1.807) is 0 Å². The van der Waals surface area contributed by atoms with E-state index in [1.165, 1.54) is 33.0 Å². The Morgan fingerprint density at radius 3 is 2.33 bits per heavy atom. The van der Waals surface area contributed by atoms with Crippen LogP contribution in [0.4, 0.5) is 27.8 Å². The molecule has 13 heteroatoms. The average molecular weight is 511 g/mol. The van der Waals surface area contributed by atoms with Crippen LogP contribution < -0.4 is 16.4 Å². The fourth-order valence-electron chi connectivity index (χ4n) is 4.36. The van der Waals surface area contributed by atoms with Crippen LogP contribution >= 0.6 is 0 Å². The maximum Gasteiger partial charge on any atom is 0.274 e. The number of benzene rings is 1. The van der Waals surface area contributed by atoms with Gasteiger partial charge in [0.1, 0.15) is 11.4 Å². The number of carbonyl (C=O) groups excluding carboxylic acids is 1. The Morgan fingerprint density at radius 2 is 1.75 bits per heavy atom. The first-order chi connectivity index (χ1) is 16.9. The number of hydrogen-bond donors (Lipinski definition) is 1. The molecule has 1 aromatic carbocycles. The van der Waals surface area contributed by atoms with Gasteiger partial charge in [-0.25, -0.2) is 26.6 Å². The van der Waals surface area contributed by atoms with Crippen LogP contribution in [0.3, 0.4) is 0 Å². The Hall–Kier alpha value is -3.77. The molecule has 8 nitrogen and oxygen atoms in total. The van der Waals surface area contributed by atoms with Gasteiger partial charge >= 0.3 is 0 Å². The Balaban J connectivity index is 1.84. The minimum absolute atomic E-state index is 0.00345. The van der Waals surface area contributed by atoms with Crippen molar-refractivity contribution in [1.29, 1.82) is 0 Å². The van der Waals surface area contributed by atoms with Gasteiger partial charge in [0.05, 0.1) is 30.1 Å². The highest BCUT2D eigenvalue weighted by molar-refractivity contribution is 5.90. The number of aryl methyl sites for hydroxylation is 1. The first kappa shape index (κ1) is 25.3. The Kier molecular flexibility index (Phi) is 6.35. The third kappa shape index (κ3) is 4.01. The van der Waals surface area contributed by atoms with Gasteiger partial charge in [0.25, 0.3) is 24.0 Å². The molecular weight excluding hydrogens is 489 g/mol. The van der Waals surface area contributed by atoms with E-state index < -0.39 is 65.9 Å². The van der Waals surface area contributed by atoms with E-state index in [2.05, 4.69) is 10.4 Å². The number of halogens is 5. The third-order valence-electron chi connectivity index (χ3n) is 6.46. The molecule has 1 unspecified atom stereocenters. The monoisotopic (exact) mass is 511 g/mol. The minimum atomic E-state index is -3.04. The highest BCUT2D eigenvalue weighted by Crippen LogP contribution is 2.36. The lowest BCUT2D eigenvalue weighted by Crippen LogP contribution is -2.69. The SMILES string of the molecule is CC(=O)N1CC(C(F)F)(n2cc3c(NC(C)c4cccc(C(F)F)c4F)nn(C)c(=O)c3cc2=O)C1. The van der Waals surface area contributed by atoms with Gasteiger partial charge in [-0.1, -0.05) is 18.2 Å². The molecule has 1 aliphatic heterocycles. The van der Waals surface area contributed by atoms with Crippen molar-refractivity contribution in [2.45, 2.75) is 38.3 Å². The van der Waals surface area contributed by atoms with Gasteiger partial charge in [-0.3, -0.25) is 19.0 Å². The van der Waals surface area contributed by atoms with Gasteiger partial charge < -0.3 is 10.2 Å². The van der Waals surface area contributed by atoms with Crippen LogP contribution in [0.25, 0.3) is 10.8 Å². The summed E-state index contributed by atoms with van der Waals surface area (Å²) in [6, 6.07) is 3.51. The van der Waals surface area contributed by atoms with E-state index in [1.807, 2.05) is 0 Å². The van der Waals surface area contributed by atoms with Crippen molar-refractivity contribution in [2.75, 3.05) is 18.4 Å². The predicted octanol–water partition coefficient (Wildman–Crippen LogP) is 3.17. The van der Waals surface area contributed by atoms with E-state index >= 15 is 0 Å². The Morgan fingerprint density at radius 1 is 1.11 bits per heavy atom. The van der Waals surface area contributed by atoms with Crippen LogP contribution in [0.2, 0.25) is 0 Å². The topological polar surface area (TPSA) is 89.2 Å². The van der Waals surface area contributed by atoms with Crippen LogP contribution in [0, 0.1) is 5.82 Å². The number of rotatable bonds is 6. The molecule has 1 aliphatic rings. The lowest BCUT2D eigenvalue weighted by molar-refractivity contribution is -0.151. The van der Waals surface area contributed by atoms with Gasteiger partial charge in [-0.05, 0) is 6.92 Å². The number of alkyl halides is 4. The molecular formula is C23H22F5N5O3. The highest BCUT2D eigenvalue weighted by Gasteiger charge is 2.53. The predicted molar refractivity (Wildman–Crippen MR) is 121 cm³/mol. The summed E-state index contributed by atoms with van der Waals surface area (Å²) in [5.74, 6) is -1.60. The molecule has 4 rings (SSSR count). The molecule has 0 bridgehead atoms. The van der Waals surface area contributed by atoms with Gasteiger partial charge in [0, 0.05) is 37.2 Å². The second-order valence-corrected chi connectivity index (χ2v) is 8.78. The fraction of sp³-hybridized carbons (Fsp3) is 0.391. The van der Waals surface area contributed by atoms with Crippen molar-refractivity contribution >= 4 is 22.5 Å². The second-order valence-electron chi connectivity index (χ2n) is 8.78. The summed E-state index contributed by atoms with van der Waals surface area (Å²) in [5, 5.41) is 6.81. The smallest absolute Gasteiger partial charge is 0.274 e. The summed E-state index contributed by atoms with van der Waals surface area (Å²) in [6.45, 7) is 1.88. The van der Waals surface area contributed by atoms with E-state index in [4.69, 9.17) is 0 Å². The molecule has 3 aromatic rings. The van der Waals surface area contributed by atoms with Crippen LogP contribution in [0.5, 0.6) is 0 Å². The summed E-state index contributed by atoms with van der Waals surface area (Å²) in [4.78, 5) is 38.3. The minimum Gasteiger partial charge on any atom is -0.361 e. The van der Waals surface area contributed by atoms with Crippen LogP contribution in [-0.4, -0.2) is 44.7 Å². The second kappa shape index (κ2) is 9.03. The van der Waals surface area contributed by atoms with Crippen molar-refractivity contribution in [1.82, 2.24) is 19.2 Å². The molecule has 36 heavy (non-hydrogen) atoms. The number of carbonyl (C=O) groups is 1. The van der Waals surface area contributed by atoms with Crippen molar-refractivity contribution < 1.29 is 26.7 Å². The summed E-state index contributed by atoms with van der Waals surface area (Å²) >= 11 is 0. The van der Waals surface area contributed by atoms with Crippen LogP contribution in [0.15, 0.2) is 40.1 Å². The molecule has 0 aliphatic carbocycles. The third-order valence-corrected chi connectivity index (χ3v) is 6.46. The van der Waals surface area contributed by atoms with Crippen molar-refractivity contribution in [3.63, 3.8) is 0 Å². The number of nitrogens with one attached hydrogen (secondary N) is 1. The maximum absolute atomic E-state index is 14.7. The van der Waals surface area contributed by atoms with Crippen LogP contribution in [0.1, 0.15) is 37.4 Å². The normalized spacial score (nSPS) is 15.9. The van der Waals surface area contributed by atoms with E-state index in [-0.39, 0.29) is 22.2 Å². The summed E-state index contributed by atoms with van der Waals surface area (Å²) < 4.78 is 71.0. The van der Waals surface area contributed by atoms with E-state index in [0.717, 1.165) is 32.5 Å². The van der Waals surface area contributed by atoms with E-state index in [0.29, 0.717) is 0 Å². The quantitative estimate of drug-likeness (QED) is 0.514. The lowest BCUT2D eigenvalue weighted by Gasteiger charge is -2.49. The lowest BCUT2D eigenvalue weighted by atomic mass is 9.89. The largest absolute Gasteiger partial charge is 0.361 e. The summed E-state index contributed by atoms with van der Waals surface area (Å²) in [6.07, 6.45) is -4.98. The number of likely N-dealkylation sites (tertiary alicyclic amines) is 1. The summed E-state index contributed by atoms with van der Waals surface area (Å²) in [5.41, 5.74) is -4.44. The number of aromatic nitrogens is 3. The Bertz CT molecular complexity index is 1460. The number of hydrogen-bond acceptors (Lipinski definition) is 5. The maximum atomic E-state index is 14.7. The van der Waals surface area contributed by atoms with E-state index in [9.17, 15) is 36.3 Å². The number of anilines is 1. The van der Waals surface area contributed by atoms with Crippen molar-refractivity contribution in [3.05, 3.63) is 68.1 Å². The first-order valence-electron chi connectivity index (χ1n) is 10.9. The number of fused-ring (bicyclic) bond motifs is 1. The van der Waals surface area contributed by atoms with Gasteiger partial charge in [0.15, 0.2) is 5.82 Å². The molecule has 3 heterocycles. The number of amides is 1. The van der Waals surface area contributed by atoms with Gasteiger partial charge in [0.2, 0.25) is 5.91 Å². The molecule has 192 valence electrons. The molecule has 0 radical (unpaired) electrons. The molecule has 1 atom stereocenters. The van der Waals surface area contributed by atoms with Crippen LogP contribution in [-0.2, 0) is 17.4 Å². The standard InChI is InChI=1S/C23H22F5N5O3/c1-11(13-5-4-6-14(18(13)24)19(25)26)29-20-16-8-33(17(35)7-15(16)21(36)31(3)30-20)23(22(27)28)9-32(10-23)12(2)34/h4-8,11,19,22H,9-10H2,1-3H3,(H,29,30). The Labute approximate surface area is 200 Å². The molecule has 0 spiro atoms. The van der Waals surface area contributed by atoms with Gasteiger partial charge in [-0.2, -0.15) is 5.10 Å². The number of nitrogens with zero attached hydrogens (tertiary/aromatic N) is 4. The molecule has 1 amide bonds. The molecule has 0 saturated carbocycles. The molecule has 1 saturated heterocycles. The highest BCUT2D eigenvalue weighted by atomic mass is 19.3. The average Bonchev–Trinajstić information content (AvgIpc) is 2.76.